The molecule has 0 radical (unpaired) electrons. The van der Waals surface area contributed by atoms with E-state index in [0.29, 0.717) is 18.5 Å². The van der Waals surface area contributed by atoms with Crippen molar-refractivity contribution in [2.45, 2.75) is 57.3 Å². The first-order valence-electron chi connectivity index (χ1n) is 10.5. The normalized spacial score (nSPS) is 20.4. The van der Waals surface area contributed by atoms with Crippen LogP contribution in [0.3, 0.4) is 0 Å². The van der Waals surface area contributed by atoms with Gasteiger partial charge in [0, 0.05) is 22.9 Å². The molecule has 1 aromatic carbocycles. The van der Waals surface area contributed by atoms with Crippen molar-refractivity contribution in [1.29, 1.82) is 5.26 Å². The summed E-state index contributed by atoms with van der Waals surface area (Å²) >= 11 is 0. The highest BCUT2D eigenvalue weighted by Crippen LogP contribution is 2.21. The molecule has 1 aromatic heterocycles. The summed E-state index contributed by atoms with van der Waals surface area (Å²) < 4.78 is 0. The second-order valence-electron chi connectivity index (χ2n) is 7.84. The van der Waals surface area contributed by atoms with Crippen molar-refractivity contribution in [2.75, 3.05) is 6.54 Å². The fourth-order valence-electron chi connectivity index (χ4n) is 3.95. The van der Waals surface area contributed by atoms with Crippen molar-refractivity contribution in [3.8, 4) is 6.07 Å². The molecule has 2 heterocycles. The van der Waals surface area contributed by atoms with Gasteiger partial charge in [-0.25, -0.2) is 0 Å². The number of aromatic nitrogens is 1. The monoisotopic (exact) mass is 411 g/mol. The highest BCUT2D eigenvalue weighted by molar-refractivity contribution is 6.00. The Morgan fingerprint density at radius 3 is 2.80 bits per heavy atom. The molecule has 2 amide bonds. The number of para-hydroxylation sites is 1. The second-order valence-corrected chi connectivity index (χ2v) is 7.84. The Balaban J connectivity index is 1.65. The minimum atomic E-state index is -0.693. The number of aromatic amines is 1. The van der Waals surface area contributed by atoms with Crippen LogP contribution >= 0.6 is 0 Å². The Hall–Kier alpha value is -2.89. The number of nitrogens with zero attached hydrogens (tertiary/aromatic N) is 1. The number of carbonyl (C=O) groups is 2. The van der Waals surface area contributed by atoms with Crippen LogP contribution in [0.5, 0.6) is 0 Å². The number of hydrogen-bond acceptors (Lipinski definition) is 5. The predicted molar refractivity (Wildman–Crippen MR) is 113 cm³/mol. The lowest BCUT2D eigenvalue weighted by Crippen LogP contribution is -2.50. The highest BCUT2D eigenvalue weighted by Gasteiger charge is 2.30. The summed E-state index contributed by atoms with van der Waals surface area (Å²) in [6.45, 7) is 2.67. The number of fused-ring (bicyclic) bond motifs is 1. The fraction of sp³-hybridized carbons (Fsp3) is 0.500. The lowest BCUT2D eigenvalue weighted by atomic mass is 9.95. The minimum absolute atomic E-state index is 0.00536. The first-order chi connectivity index (χ1) is 14.5. The van der Waals surface area contributed by atoms with Gasteiger partial charge in [-0.05, 0) is 37.9 Å². The topological polar surface area (TPSA) is 130 Å². The summed E-state index contributed by atoms with van der Waals surface area (Å²) in [5, 5.41) is 28.7. The first kappa shape index (κ1) is 21.8. The average molecular weight is 412 g/mol. The molecule has 0 bridgehead atoms. The van der Waals surface area contributed by atoms with Crippen molar-refractivity contribution in [3.05, 3.63) is 36.0 Å². The van der Waals surface area contributed by atoms with Crippen molar-refractivity contribution in [3.63, 3.8) is 0 Å². The van der Waals surface area contributed by atoms with Gasteiger partial charge >= 0.3 is 0 Å². The summed E-state index contributed by atoms with van der Waals surface area (Å²) in [6, 6.07) is 10.4. The summed E-state index contributed by atoms with van der Waals surface area (Å²) in [5.74, 6) is -0.650. The van der Waals surface area contributed by atoms with Gasteiger partial charge in [-0.1, -0.05) is 31.5 Å². The molecule has 0 saturated carbocycles. The maximum Gasteiger partial charge on any atom is 0.268 e. The van der Waals surface area contributed by atoms with Crippen LogP contribution in [0.15, 0.2) is 30.3 Å². The molecule has 1 fully saturated rings. The summed E-state index contributed by atoms with van der Waals surface area (Å²) in [6.07, 6.45) is 2.07. The van der Waals surface area contributed by atoms with Gasteiger partial charge in [0.1, 0.15) is 18.0 Å². The molecule has 1 aliphatic rings. The maximum atomic E-state index is 12.9. The van der Waals surface area contributed by atoms with E-state index >= 15 is 0 Å². The van der Waals surface area contributed by atoms with Crippen LogP contribution in [0.4, 0.5) is 0 Å². The zero-order chi connectivity index (χ0) is 21.5. The molecule has 160 valence electrons. The Morgan fingerprint density at radius 1 is 1.33 bits per heavy atom. The van der Waals surface area contributed by atoms with E-state index in [1.807, 2.05) is 31.2 Å². The lowest BCUT2D eigenvalue weighted by molar-refractivity contribution is -0.124. The molecule has 0 spiro atoms. The van der Waals surface area contributed by atoms with Gasteiger partial charge in [-0.15, -0.1) is 0 Å². The third-order valence-corrected chi connectivity index (χ3v) is 5.56. The van der Waals surface area contributed by atoms with Gasteiger partial charge in [0.2, 0.25) is 5.91 Å². The van der Waals surface area contributed by atoms with E-state index in [0.717, 1.165) is 30.3 Å². The van der Waals surface area contributed by atoms with Crippen molar-refractivity contribution in [1.82, 2.24) is 20.9 Å². The van der Waals surface area contributed by atoms with E-state index in [1.165, 1.54) is 0 Å². The standard InChI is InChI=1S/C22H29N5O3/c1-2-5-18(27-22(30)19-13-14-6-3-4-7-17(14)26-19)21(29)25-16(8-10-23)12-15-9-11-24-20(15)28/h3-4,6-7,13,15-16,18,20,24,26,28H,2,5,8-9,11-12H2,1H3,(H,25,29)(H,27,30)/t15-,16+,18-,20?/m0/s1. The SMILES string of the molecule is CCC[C@H](NC(=O)c1cc2ccccc2[nH]1)C(=O)N[C@H](CC#N)C[C@@H]1CCNC1O. The first-order valence-corrected chi connectivity index (χ1v) is 10.5. The summed E-state index contributed by atoms with van der Waals surface area (Å²) in [7, 11) is 0. The van der Waals surface area contributed by atoms with Crippen LogP contribution in [0.1, 0.15) is 49.5 Å². The number of rotatable bonds is 9. The molecule has 8 nitrogen and oxygen atoms in total. The molecule has 1 unspecified atom stereocenters. The number of aliphatic hydroxyl groups excluding tert-OH is 1. The minimum Gasteiger partial charge on any atom is -0.378 e. The average Bonchev–Trinajstić information content (AvgIpc) is 3.34. The molecule has 3 rings (SSSR count). The molecular formula is C22H29N5O3. The lowest BCUT2D eigenvalue weighted by Gasteiger charge is -2.24. The number of carbonyl (C=O) groups excluding carboxylic acids is 2. The second kappa shape index (κ2) is 10.2. The molecule has 2 aromatic rings. The summed E-state index contributed by atoms with van der Waals surface area (Å²) in [5.41, 5.74) is 1.26. The number of hydrogen-bond donors (Lipinski definition) is 5. The van der Waals surface area contributed by atoms with Crippen molar-refractivity contribution in [2.24, 2.45) is 5.92 Å². The maximum absolute atomic E-state index is 12.9. The van der Waals surface area contributed by atoms with Crippen LogP contribution in [-0.4, -0.2) is 46.8 Å². The van der Waals surface area contributed by atoms with Gasteiger partial charge in [0.25, 0.3) is 5.91 Å². The fourth-order valence-corrected chi connectivity index (χ4v) is 3.95. The zero-order valence-electron chi connectivity index (χ0n) is 17.1. The number of nitrogens with one attached hydrogen (secondary N) is 4. The molecule has 1 saturated heterocycles. The van der Waals surface area contributed by atoms with Gasteiger partial charge in [-0.2, -0.15) is 5.26 Å². The number of aliphatic hydroxyl groups is 1. The molecule has 0 aliphatic carbocycles. The molecule has 1 aliphatic heterocycles. The zero-order valence-corrected chi connectivity index (χ0v) is 17.1. The Labute approximate surface area is 176 Å². The number of nitriles is 1. The molecular weight excluding hydrogens is 382 g/mol. The van der Waals surface area contributed by atoms with E-state index in [1.54, 1.807) is 6.07 Å². The van der Waals surface area contributed by atoms with Gasteiger partial charge in [0.05, 0.1) is 12.5 Å². The molecule has 4 atom stereocenters. The summed E-state index contributed by atoms with van der Waals surface area (Å²) in [4.78, 5) is 28.7. The van der Waals surface area contributed by atoms with Crippen LogP contribution in [-0.2, 0) is 4.79 Å². The number of benzene rings is 1. The van der Waals surface area contributed by atoms with Crippen molar-refractivity contribution < 1.29 is 14.7 Å². The van der Waals surface area contributed by atoms with Crippen LogP contribution in [0.25, 0.3) is 10.9 Å². The Morgan fingerprint density at radius 2 is 2.13 bits per heavy atom. The molecule has 5 N–H and O–H groups in total. The highest BCUT2D eigenvalue weighted by atomic mass is 16.3. The van der Waals surface area contributed by atoms with Gasteiger partial charge in [0.15, 0.2) is 0 Å². The predicted octanol–water partition coefficient (Wildman–Crippen LogP) is 1.78. The number of H-pyrrole nitrogens is 1. The van der Waals surface area contributed by atoms with E-state index < -0.39 is 12.3 Å². The molecule has 8 heteroatoms. The van der Waals surface area contributed by atoms with Crippen LogP contribution in [0.2, 0.25) is 0 Å². The Kier molecular flexibility index (Phi) is 7.44. The van der Waals surface area contributed by atoms with E-state index in [2.05, 4.69) is 27.0 Å². The quantitative estimate of drug-likeness (QED) is 0.429. The van der Waals surface area contributed by atoms with E-state index in [-0.39, 0.29) is 30.2 Å². The van der Waals surface area contributed by atoms with Crippen molar-refractivity contribution >= 4 is 22.7 Å². The largest absolute Gasteiger partial charge is 0.378 e. The molecule has 30 heavy (non-hydrogen) atoms. The van der Waals surface area contributed by atoms with Gasteiger partial charge in [-0.3, -0.25) is 14.9 Å². The third kappa shape index (κ3) is 5.38. The smallest absolute Gasteiger partial charge is 0.268 e. The third-order valence-electron chi connectivity index (χ3n) is 5.56. The van der Waals surface area contributed by atoms with Crippen LogP contribution in [0, 0.1) is 17.2 Å². The Bertz CT molecular complexity index is 886. The number of amides is 2. The van der Waals surface area contributed by atoms with E-state index in [9.17, 15) is 14.7 Å². The van der Waals surface area contributed by atoms with Crippen LogP contribution < -0.4 is 16.0 Å². The van der Waals surface area contributed by atoms with E-state index in [4.69, 9.17) is 5.26 Å². The van der Waals surface area contributed by atoms with Gasteiger partial charge < -0.3 is 20.7 Å².